The number of esters is 1. The van der Waals surface area contributed by atoms with E-state index in [2.05, 4.69) is 4.74 Å². The summed E-state index contributed by atoms with van der Waals surface area (Å²) in [6, 6.07) is 9.28. The molecule has 0 spiro atoms. The Balaban J connectivity index is 2.11. The largest absolute Gasteiger partial charge is 0.475 e. The van der Waals surface area contributed by atoms with Gasteiger partial charge in [0.05, 0.1) is 6.61 Å². The minimum atomic E-state index is -2.43. The lowest BCUT2D eigenvalue weighted by Crippen LogP contribution is -2.49. The van der Waals surface area contributed by atoms with Crippen molar-refractivity contribution in [3.63, 3.8) is 0 Å². The number of carbonyl (C=O) groups excluding carboxylic acids is 1. The fourth-order valence-corrected chi connectivity index (χ4v) is 1.75. The number of ether oxygens (including phenoxy) is 3. The number of hydrogen-bond donors (Lipinski definition) is 1. The summed E-state index contributed by atoms with van der Waals surface area (Å²) in [4.78, 5) is 23.0. The lowest BCUT2D eigenvalue weighted by Gasteiger charge is -2.21. The quantitative estimate of drug-likeness (QED) is 0.648. The molecule has 0 aliphatic carbocycles. The molecule has 0 fully saturated rings. The number of carboxylic acids is 1. The molecule has 20 heavy (non-hydrogen) atoms. The van der Waals surface area contributed by atoms with E-state index in [0.717, 1.165) is 11.8 Å². The van der Waals surface area contributed by atoms with E-state index in [1.807, 2.05) is 30.3 Å². The summed E-state index contributed by atoms with van der Waals surface area (Å²) >= 11 is 0. The molecule has 1 unspecified atom stereocenters. The minimum Gasteiger partial charge on any atom is -0.475 e. The molecule has 1 aromatic rings. The predicted molar refractivity (Wildman–Crippen MR) is 67.4 cm³/mol. The van der Waals surface area contributed by atoms with Crippen LogP contribution >= 0.6 is 0 Å². The molecule has 1 N–H and O–H groups in total. The third kappa shape index (κ3) is 2.59. The van der Waals surface area contributed by atoms with Crippen molar-refractivity contribution < 1.29 is 28.9 Å². The second-order valence-corrected chi connectivity index (χ2v) is 4.11. The van der Waals surface area contributed by atoms with Crippen molar-refractivity contribution in [1.29, 1.82) is 0 Å². The van der Waals surface area contributed by atoms with Crippen molar-refractivity contribution in [2.45, 2.75) is 19.1 Å². The predicted octanol–water partition coefficient (Wildman–Crippen LogP) is 1.46. The average Bonchev–Trinajstić information content (AvgIpc) is 2.85. The molecular weight excluding hydrogens is 264 g/mol. The molecule has 1 atom stereocenters. The molecule has 2 rings (SSSR count). The van der Waals surface area contributed by atoms with Crippen LogP contribution in [0.3, 0.4) is 0 Å². The second-order valence-electron chi connectivity index (χ2n) is 4.11. The first kappa shape index (κ1) is 13.9. The van der Waals surface area contributed by atoms with Crippen molar-refractivity contribution in [2.75, 3.05) is 6.61 Å². The molecule has 0 aromatic heterocycles. The zero-order valence-corrected chi connectivity index (χ0v) is 10.9. The Bertz CT molecular complexity index is 536. The molecule has 106 valence electrons. The standard InChI is InChI=1S/C14H14O6/c1-2-18-13(17)14(12(15)16)19-9-11(20-14)8-10-6-4-3-5-7-10/h3-7,9H,2,8H2,1H3,(H,15,16). The lowest BCUT2D eigenvalue weighted by molar-refractivity contribution is -0.215. The highest BCUT2D eigenvalue weighted by Crippen LogP contribution is 2.29. The van der Waals surface area contributed by atoms with Gasteiger partial charge in [0.1, 0.15) is 12.0 Å². The van der Waals surface area contributed by atoms with Gasteiger partial charge in [-0.25, -0.2) is 9.59 Å². The summed E-state index contributed by atoms with van der Waals surface area (Å²) in [5, 5.41) is 9.16. The lowest BCUT2D eigenvalue weighted by atomic mass is 10.1. The number of carbonyl (C=O) groups is 2. The molecule has 1 heterocycles. The summed E-state index contributed by atoms with van der Waals surface area (Å²) in [5.41, 5.74) is 0.910. The molecule has 0 saturated heterocycles. The van der Waals surface area contributed by atoms with Crippen molar-refractivity contribution >= 4 is 11.9 Å². The number of carboxylic acid groups (broad SMARTS) is 1. The van der Waals surface area contributed by atoms with E-state index in [1.165, 1.54) is 0 Å². The van der Waals surface area contributed by atoms with Crippen LogP contribution in [0.2, 0.25) is 0 Å². The summed E-state index contributed by atoms with van der Waals surface area (Å²) in [6.07, 6.45) is 1.47. The summed E-state index contributed by atoms with van der Waals surface area (Å²) in [7, 11) is 0. The molecule has 1 aromatic carbocycles. The van der Waals surface area contributed by atoms with E-state index in [-0.39, 0.29) is 12.4 Å². The summed E-state index contributed by atoms with van der Waals surface area (Å²) < 4.78 is 14.8. The maximum absolute atomic E-state index is 11.7. The third-order valence-corrected chi connectivity index (χ3v) is 2.68. The van der Waals surface area contributed by atoms with E-state index < -0.39 is 17.7 Å². The Hall–Kier alpha value is -2.50. The van der Waals surface area contributed by atoms with Crippen LogP contribution in [0.4, 0.5) is 0 Å². The van der Waals surface area contributed by atoms with Gasteiger partial charge in [-0.1, -0.05) is 30.3 Å². The van der Waals surface area contributed by atoms with E-state index in [0.29, 0.717) is 6.42 Å². The number of rotatable bonds is 5. The third-order valence-electron chi connectivity index (χ3n) is 2.68. The normalized spacial score (nSPS) is 20.6. The smallest absolute Gasteiger partial charge is 0.452 e. The van der Waals surface area contributed by atoms with E-state index in [1.54, 1.807) is 6.92 Å². The fourth-order valence-electron chi connectivity index (χ4n) is 1.75. The van der Waals surface area contributed by atoms with Crippen LogP contribution in [0.15, 0.2) is 42.4 Å². The van der Waals surface area contributed by atoms with Gasteiger partial charge in [0.25, 0.3) is 0 Å². The molecule has 0 bridgehead atoms. The van der Waals surface area contributed by atoms with Crippen LogP contribution in [-0.2, 0) is 30.2 Å². The van der Waals surface area contributed by atoms with Crippen molar-refractivity contribution in [2.24, 2.45) is 0 Å². The van der Waals surface area contributed by atoms with E-state index in [4.69, 9.17) is 14.6 Å². The molecule has 1 aliphatic rings. The Kier molecular flexibility index (Phi) is 3.93. The van der Waals surface area contributed by atoms with Crippen LogP contribution in [-0.4, -0.2) is 29.4 Å². The number of hydrogen-bond acceptors (Lipinski definition) is 5. The maximum atomic E-state index is 11.7. The van der Waals surface area contributed by atoms with E-state index in [9.17, 15) is 9.59 Å². The topological polar surface area (TPSA) is 82.1 Å². The van der Waals surface area contributed by atoms with Gasteiger partial charge in [0, 0.05) is 6.42 Å². The highest BCUT2D eigenvalue weighted by atomic mass is 16.8. The van der Waals surface area contributed by atoms with Gasteiger partial charge in [0.2, 0.25) is 0 Å². The number of aliphatic carboxylic acids is 1. The first-order valence-corrected chi connectivity index (χ1v) is 6.09. The van der Waals surface area contributed by atoms with Crippen LogP contribution in [0, 0.1) is 0 Å². The van der Waals surface area contributed by atoms with E-state index >= 15 is 0 Å². The molecular formula is C14H14O6. The van der Waals surface area contributed by atoms with Gasteiger partial charge in [-0.3, -0.25) is 0 Å². The van der Waals surface area contributed by atoms with Crippen LogP contribution in [0.1, 0.15) is 12.5 Å². The zero-order chi connectivity index (χ0) is 14.6. The second kappa shape index (κ2) is 5.64. The van der Waals surface area contributed by atoms with Crippen molar-refractivity contribution in [3.8, 4) is 0 Å². The van der Waals surface area contributed by atoms with Gasteiger partial charge in [-0.2, -0.15) is 0 Å². The summed E-state index contributed by atoms with van der Waals surface area (Å²) in [6.45, 7) is 1.61. The first-order chi connectivity index (χ1) is 9.58. The molecule has 6 heteroatoms. The highest BCUT2D eigenvalue weighted by molar-refractivity contribution is 6.01. The molecule has 1 aliphatic heterocycles. The van der Waals surface area contributed by atoms with Gasteiger partial charge in [-0.15, -0.1) is 0 Å². The molecule has 6 nitrogen and oxygen atoms in total. The first-order valence-electron chi connectivity index (χ1n) is 6.09. The Morgan fingerprint density at radius 1 is 1.30 bits per heavy atom. The maximum Gasteiger partial charge on any atom is 0.452 e. The highest BCUT2D eigenvalue weighted by Gasteiger charge is 2.57. The monoisotopic (exact) mass is 278 g/mol. The molecule has 0 amide bonds. The van der Waals surface area contributed by atoms with Crippen LogP contribution < -0.4 is 0 Å². The molecule has 0 saturated carbocycles. The Morgan fingerprint density at radius 2 is 2.00 bits per heavy atom. The zero-order valence-electron chi connectivity index (χ0n) is 10.9. The van der Waals surface area contributed by atoms with Gasteiger partial charge in [-0.05, 0) is 12.5 Å². The molecule has 0 radical (unpaired) electrons. The van der Waals surface area contributed by atoms with Crippen LogP contribution in [0.5, 0.6) is 0 Å². The van der Waals surface area contributed by atoms with Crippen LogP contribution in [0.25, 0.3) is 0 Å². The van der Waals surface area contributed by atoms with Crippen molar-refractivity contribution in [3.05, 3.63) is 47.9 Å². The van der Waals surface area contributed by atoms with Gasteiger partial charge in [0.15, 0.2) is 0 Å². The SMILES string of the molecule is CCOC(=O)C1(C(=O)O)OC=C(Cc2ccccc2)O1. The minimum absolute atomic E-state index is 0.0363. The Labute approximate surface area is 115 Å². The number of allylic oxidation sites excluding steroid dienone is 1. The van der Waals surface area contributed by atoms with Gasteiger partial charge < -0.3 is 19.3 Å². The summed E-state index contributed by atoms with van der Waals surface area (Å²) in [5.74, 6) is -4.80. The fraction of sp³-hybridized carbons (Fsp3) is 0.286. The number of benzene rings is 1. The van der Waals surface area contributed by atoms with Crippen molar-refractivity contribution in [1.82, 2.24) is 0 Å². The average molecular weight is 278 g/mol. The van der Waals surface area contributed by atoms with Gasteiger partial charge >= 0.3 is 17.7 Å². The Morgan fingerprint density at radius 3 is 2.60 bits per heavy atom.